The summed E-state index contributed by atoms with van der Waals surface area (Å²) in [7, 11) is 3.20. The van der Waals surface area contributed by atoms with Crippen molar-refractivity contribution in [2.45, 2.75) is 58.8 Å². The number of allylic oxidation sites excluding steroid dienone is 1. The lowest BCUT2D eigenvalue weighted by Crippen LogP contribution is -2.22. The third kappa shape index (κ3) is 5.24. The van der Waals surface area contributed by atoms with Crippen LogP contribution in [-0.2, 0) is 17.3 Å². The fourth-order valence-corrected chi connectivity index (χ4v) is 3.29. The summed E-state index contributed by atoms with van der Waals surface area (Å²) in [5.41, 5.74) is 2.75. The van der Waals surface area contributed by atoms with E-state index in [1.807, 2.05) is 30.3 Å². The molecule has 0 atom stereocenters. The van der Waals surface area contributed by atoms with Crippen LogP contribution in [-0.4, -0.2) is 20.2 Å². The number of benzene rings is 2. The van der Waals surface area contributed by atoms with Crippen LogP contribution in [0.1, 0.15) is 68.6 Å². The molecule has 0 aromatic heterocycles. The van der Waals surface area contributed by atoms with Crippen LogP contribution in [0.5, 0.6) is 17.2 Å². The summed E-state index contributed by atoms with van der Waals surface area (Å²) in [6.07, 6.45) is 2.52. The Labute approximate surface area is 180 Å². The topological polar surface area (TPSA) is 44.8 Å². The largest absolute Gasteiger partial charge is 0.497 e. The summed E-state index contributed by atoms with van der Waals surface area (Å²) in [6, 6.07) is 9.38. The molecule has 0 amide bonds. The molecule has 0 spiro atoms. The van der Waals surface area contributed by atoms with Crippen molar-refractivity contribution >= 4 is 5.97 Å². The summed E-state index contributed by atoms with van der Waals surface area (Å²) in [5.74, 6) is 1.37. The molecule has 0 saturated heterocycles. The molecular formula is C26H34O4. The van der Waals surface area contributed by atoms with Gasteiger partial charge in [0, 0.05) is 11.1 Å². The van der Waals surface area contributed by atoms with Crippen LogP contribution in [0.2, 0.25) is 0 Å². The van der Waals surface area contributed by atoms with Crippen molar-refractivity contribution in [3.63, 3.8) is 0 Å². The Hall–Kier alpha value is -2.75. The van der Waals surface area contributed by atoms with E-state index in [-0.39, 0.29) is 10.8 Å². The van der Waals surface area contributed by atoms with Crippen molar-refractivity contribution in [3.8, 4) is 17.2 Å². The van der Waals surface area contributed by atoms with Crippen molar-refractivity contribution in [1.82, 2.24) is 0 Å². The molecule has 0 aliphatic heterocycles. The molecule has 2 rings (SSSR count). The number of esters is 1. The SMILES string of the molecule is C=CCc1ccc(C(=O)Oc2c(C(C)(C)C)cc(OC)cc2C(C)(C)C)c(OC)c1. The third-order valence-electron chi connectivity index (χ3n) is 4.97. The maximum atomic E-state index is 13.2. The Morgan fingerprint density at radius 1 is 0.933 bits per heavy atom. The van der Waals surface area contributed by atoms with Gasteiger partial charge in [-0.25, -0.2) is 4.79 Å². The smallest absolute Gasteiger partial charge is 0.347 e. The van der Waals surface area contributed by atoms with Crippen molar-refractivity contribution in [1.29, 1.82) is 0 Å². The van der Waals surface area contributed by atoms with Gasteiger partial charge in [-0.15, -0.1) is 6.58 Å². The first kappa shape index (κ1) is 23.5. The Kier molecular flexibility index (Phi) is 7.02. The van der Waals surface area contributed by atoms with E-state index in [9.17, 15) is 4.79 Å². The van der Waals surface area contributed by atoms with Gasteiger partial charge in [0.15, 0.2) is 0 Å². The predicted octanol–water partition coefficient (Wildman–Crippen LogP) is 6.25. The average Bonchev–Trinajstić information content (AvgIpc) is 2.66. The van der Waals surface area contributed by atoms with E-state index in [1.54, 1.807) is 20.3 Å². The standard InChI is InChI=1S/C26H34O4/c1-10-11-17-12-13-19(22(14-17)29-9)24(27)30-23-20(25(2,3)4)15-18(28-8)16-21(23)26(5,6)7/h10,12-16H,1,11H2,2-9H3. The highest BCUT2D eigenvalue weighted by Gasteiger charge is 2.30. The molecule has 0 bridgehead atoms. The molecule has 2 aromatic rings. The van der Waals surface area contributed by atoms with Gasteiger partial charge in [-0.2, -0.15) is 0 Å². The molecule has 162 valence electrons. The van der Waals surface area contributed by atoms with E-state index in [2.05, 4.69) is 48.1 Å². The van der Waals surface area contributed by atoms with Crippen LogP contribution < -0.4 is 14.2 Å². The summed E-state index contributed by atoms with van der Waals surface area (Å²) in [6.45, 7) is 16.3. The normalized spacial score (nSPS) is 11.7. The highest BCUT2D eigenvalue weighted by molar-refractivity contribution is 5.94. The van der Waals surface area contributed by atoms with Gasteiger partial charge in [0.1, 0.15) is 22.8 Å². The third-order valence-corrected chi connectivity index (χ3v) is 4.97. The van der Waals surface area contributed by atoms with Crippen molar-refractivity contribution in [3.05, 3.63) is 65.2 Å². The van der Waals surface area contributed by atoms with Gasteiger partial charge in [0.2, 0.25) is 0 Å². The van der Waals surface area contributed by atoms with E-state index < -0.39 is 5.97 Å². The average molecular weight is 411 g/mol. The first-order valence-electron chi connectivity index (χ1n) is 10.1. The maximum Gasteiger partial charge on any atom is 0.347 e. The van der Waals surface area contributed by atoms with Crippen molar-refractivity contribution in [2.24, 2.45) is 0 Å². The van der Waals surface area contributed by atoms with Gasteiger partial charge in [0.05, 0.1) is 14.2 Å². The Bertz CT molecular complexity index is 892. The summed E-state index contributed by atoms with van der Waals surface area (Å²) >= 11 is 0. The summed E-state index contributed by atoms with van der Waals surface area (Å²) in [5, 5.41) is 0. The van der Waals surface area contributed by atoms with E-state index in [4.69, 9.17) is 14.2 Å². The zero-order valence-corrected chi connectivity index (χ0v) is 19.5. The fraction of sp³-hybridized carbons (Fsp3) is 0.423. The predicted molar refractivity (Wildman–Crippen MR) is 122 cm³/mol. The molecule has 4 nitrogen and oxygen atoms in total. The molecule has 0 heterocycles. The lowest BCUT2D eigenvalue weighted by molar-refractivity contribution is 0.0725. The second-order valence-electron chi connectivity index (χ2n) is 9.47. The molecule has 4 heteroatoms. The van der Waals surface area contributed by atoms with Gasteiger partial charge >= 0.3 is 5.97 Å². The van der Waals surface area contributed by atoms with Gasteiger partial charge < -0.3 is 14.2 Å². The van der Waals surface area contributed by atoms with Gasteiger partial charge in [-0.3, -0.25) is 0 Å². The van der Waals surface area contributed by atoms with Crippen LogP contribution in [0, 0.1) is 0 Å². The Morgan fingerprint density at radius 2 is 1.50 bits per heavy atom. The quantitative estimate of drug-likeness (QED) is 0.321. The monoisotopic (exact) mass is 410 g/mol. The zero-order valence-electron chi connectivity index (χ0n) is 19.5. The highest BCUT2D eigenvalue weighted by atomic mass is 16.5. The number of hydrogen-bond acceptors (Lipinski definition) is 4. The molecule has 0 saturated carbocycles. The minimum atomic E-state index is -0.446. The van der Waals surface area contributed by atoms with Crippen molar-refractivity contribution < 1.29 is 19.0 Å². The number of carbonyl (C=O) groups is 1. The highest BCUT2D eigenvalue weighted by Crippen LogP contribution is 2.43. The fourth-order valence-electron chi connectivity index (χ4n) is 3.29. The van der Waals surface area contributed by atoms with E-state index >= 15 is 0 Å². The minimum absolute atomic E-state index is 0.248. The first-order valence-corrected chi connectivity index (χ1v) is 10.1. The first-order chi connectivity index (χ1) is 13.9. The van der Waals surface area contributed by atoms with Crippen molar-refractivity contribution in [2.75, 3.05) is 14.2 Å². The van der Waals surface area contributed by atoms with Crippen LogP contribution in [0.4, 0.5) is 0 Å². The van der Waals surface area contributed by atoms with E-state index in [0.29, 0.717) is 23.5 Å². The lowest BCUT2D eigenvalue weighted by atomic mass is 9.79. The maximum absolute atomic E-state index is 13.2. The van der Waals surface area contributed by atoms with Crippen LogP contribution in [0.15, 0.2) is 43.0 Å². The Morgan fingerprint density at radius 3 is 1.93 bits per heavy atom. The number of ether oxygens (including phenoxy) is 3. The van der Waals surface area contributed by atoms with Gasteiger partial charge in [-0.05, 0) is 47.1 Å². The molecule has 0 aliphatic carbocycles. The number of hydrogen-bond donors (Lipinski definition) is 0. The molecule has 2 aromatic carbocycles. The van der Waals surface area contributed by atoms with E-state index in [1.165, 1.54) is 0 Å². The van der Waals surface area contributed by atoms with Crippen LogP contribution >= 0.6 is 0 Å². The number of carbonyl (C=O) groups excluding carboxylic acids is 1. The van der Waals surface area contributed by atoms with Gasteiger partial charge in [0.25, 0.3) is 0 Å². The molecule has 0 fully saturated rings. The molecule has 0 unspecified atom stereocenters. The number of rotatable bonds is 6. The summed E-state index contributed by atoms with van der Waals surface area (Å²) in [4.78, 5) is 13.2. The van der Waals surface area contributed by atoms with Crippen LogP contribution in [0.25, 0.3) is 0 Å². The summed E-state index contributed by atoms with van der Waals surface area (Å²) < 4.78 is 17.1. The zero-order chi connectivity index (χ0) is 22.7. The lowest BCUT2D eigenvalue weighted by Gasteiger charge is -2.30. The Balaban J connectivity index is 2.61. The molecular weight excluding hydrogens is 376 g/mol. The molecule has 30 heavy (non-hydrogen) atoms. The second kappa shape index (κ2) is 8.95. The molecule has 0 aliphatic rings. The van der Waals surface area contributed by atoms with E-state index in [0.717, 1.165) is 22.4 Å². The van der Waals surface area contributed by atoms with Crippen LogP contribution in [0.3, 0.4) is 0 Å². The minimum Gasteiger partial charge on any atom is -0.497 e. The molecule has 0 N–H and O–H groups in total. The number of methoxy groups -OCH3 is 2. The van der Waals surface area contributed by atoms with Gasteiger partial charge in [-0.1, -0.05) is 53.7 Å². The second-order valence-corrected chi connectivity index (χ2v) is 9.47. The molecule has 0 radical (unpaired) electrons.